The van der Waals surface area contributed by atoms with Crippen LogP contribution in [0.4, 0.5) is 5.69 Å². The van der Waals surface area contributed by atoms with Gasteiger partial charge in [0.15, 0.2) is 0 Å². The van der Waals surface area contributed by atoms with E-state index in [9.17, 15) is 15.2 Å². The summed E-state index contributed by atoms with van der Waals surface area (Å²) in [5, 5.41) is 24.0. The van der Waals surface area contributed by atoms with Gasteiger partial charge in [-0.05, 0) is 18.9 Å². The molecule has 1 saturated carbocycles. The predicted molar refractivity (Wildman–Crippen MR) is 74.8 cm³/mol. The summed E-state index contributed by atoms with van der Waals surface area (Å²) in [6, 6.07) is 4.60. The molecule has 1 aliphatic rings. The molecular formula is C14H20N2O4. The van der Waals surface area contributed by atoms with Crippen molar-refractivity contribution in [2.24, 2.45) is 0 Å². The zero-order valence-corrected chi connectivity index (χ0v) is 11.5. The number of methoxy groups -OCH3 is 1. The first-order valence-electron chi connectivity index (χ1n) is 6.84. The van der Waals surface area contributed by atoms with Gasteiger partial charge in [-0.2, -0.15) is 0 Å². The number of nitro benzene ring substituents is 1. The lowest BCUT2D eigenvalue weighted by Gasteiger charge is -2.28. The third kappa shape index (κ3) is 3.46. The summed E-state index contributed by atoms with van der Waals surface area (Å²) in [5.41, 5.74) is 0.784. The van der Waals surface area contributed by atoms with Crippen molar-refractivity contribution in [2.75, 3.05) is 7.11 Å². The Morgan fingerprint density at radius 3 is 2.85 bits per heavy atom. The molecule has 1 aliphatic carbocycles. The number of hydrogen-bond donors (Lipinski definition) is 2. The minimum Gasteiger partial charge on any atom is -0.496 e. The molecule has 2 N–H and O–H groups in total. The van der Waals surface area contributed by atoms with E-state index in [1.807, 2.05) is 0 Å². The molecule has 6 heteroatoms. The Hall–Kier alpha value is -1.66. The number of nitrogens with one attached hydrogen (secondary N) is 1. The van der Waals surface area contributed by atoms with Crippen molar-refractivity contribution in [1.29, 1.82) is 0 Å². The number of nitro groups is 1. The standard InChI is InChI=1S/C14H20N2O4/c1-20-14-7-6-11(16(18)19)8-10(14)9-15-12-4-2-3-5-13(12)17/h6-8,12-13,15,17H,2-5,9H2,1H3. The number of aliphatic hydroxyl groups is 1. The summed E-state index contributed by atoms with van der Waals surface area (Å²) in [4.78, 5) is 10.4. The molecule has 1 fully saturated rings. The van der Waals surface area contributed by atoms with Gasteiger partial charge in [-0.25, -0.2) is 0 Å². The van der Waals surface area contributed by atoms with Gasteiger partial charge >= 0.3 is 0 Å². The largest absolute Gasteiger partial charge is 0.496 e. The molecule has 6 nitrogen and oxygen atoms in total. The molecule has 2 atom stereocenters. The zero-order chi connectivity index (χ0) is 14.5. The van der Waals surface area contributed by atoms with Gasteiger partial charge in [0.1, 0.15) is 5.75 Å². The molecule has 2 rings (SSSR count). The van der Waals surface area contributed by atoms with Crippen LogP contribution in [-0.2, 0) is 6.54 Å². The Labute approximate surface area is 117 Å². The molecule has 0 radical (unpaired) electrons. The van der Waals surface area contributed by atoms with Gasteiger partial charge in [-0.15, -0.1) is 0 Å². The van der Waals surface area contributed by atoms with Gasteiger partial charge in [0.05, 0.1) is 18.1 Å². The first-order chi connectivity index (χ1) is 9.61. The molecule has 0 saturated heterocycles. The third-order valence-electron chi connectivity index (χ3n) is 3.76. The second-order valence-corrected chi connectivity index (χ2v) is 5.09. The normalized spacial score (nSPS) is 22.5. The van der Waals surface area contributed by atoms with Crippen LogP contribution in [0.1, 0.15) is 31.2 Å². The first-order valence-corrected chi connectivity index (χ1v) is 6.84. The fraction of sp³-hybridized carbons (Fsp3) is 0.571. The molecule has 20 heavy (non-hydrogen) atoms. The van der Waals surface area contributed by atoms with Crippen molar-refractivity contribution in [2.45, 2.75) is 44.4 Å². The number of benzene rings is 1. The lowest BCUT2D eigenvalue weighted by atomic mass is 9.92. The van der Waals surface area contributed by atoms with Crippen LogP contribution in [0.2, 0.25) is 0 Å². The molecular weight excluding hydrogens is 260 g/mol. The van der Waals surface area contributed by atoms with E-state index in [-0.39, 0.29) is 17.8 Å². The van der Waals surface area contributed by atoms with Crippen LogP contribution in [-0.4, -0.2) is 29.3 Å². The SMILES string of the molecule is COc1ccc([N+](=O)[O-])cc1CNC1CCCCC1O. The van der Waals surface area contributed by atoms with E-state index in [2.05, 4.69) is 5.32 Å². The Morgan fingerprint density at radius 1 is 1.45 bits per heavy atom. The highest BCUT2D eigenvalue weighted by molar-refractivity contribution is 5.43. The number of rotatable bonds is 5. The Balaban J connectivity index is 2.07. The minimum absolute atomic E-state index is 0.0480. The van der Waals surface area contributed by atoms with E-state index in [0.29, 0.717) is 12.3 Å². The fourth-order valence-corrected chi connectivity index (χ4v) is 2.61. The van der Waals surface area contributed by atoms with Crippen LogP contribution in [0.25, 0.3) is 0 Å². The second-order valence-electron chi connectivity index (χ2n) is 5.09. The number of nitrogens with zero attached hydrogens (tertiary/aromatic N) is 1. The maximum atomic E-state index is 10.8. The predicted octanol–water partition coefficient (Wildman–Crippen LogP) is 2.00. The van der Waals surface area contributed by atoms with Gasteiger partial charge in [-0.3, -0.25) is 10.1 Å². The van der Waals surface area contributed by atoms with Crippen LogP contribution < -0.4 is 10.1 Å². The Kier molecular flexibility index (Phi) is 4.92. The van der Waals surface area contributed by atoms with E-state index in [1.165, 1.54) is 12.1 Å². The topological polar surface area (TPSA) is 84.6 Å². The molecule has 0 aromatic heterocycles. The third-order valence-corrected chi connectivity index (χ3v) is 3.76. The second kappa shape index (κ2) is 6.67. The summed E-state index contributed by atoms with van der Waals surface area (Å²) in [7, 11) is 1.54. The van der Waals surface area contributed by atoms with E-state index in [4.69, 9.17) is 4.74 Å². The minimum atomic E-state index is -0.418. The van der Waals surface area contributed by atoms with Crippen LogP contribution in [0, 0.1) is 10.1 Å². The summed E-state index contributed by atoms with van der Waals surface area (Å²) in [6.45, 7) is 0.451. The average molecular weight is 280 g/mol. The molecule has 1 aromatic rings. The maximum Gasteiger partial charge on any atom is 0.270 e. The van der Waals surface area contributed by atoms with Crippen molar-refractivity contribution in [3.05, 3.63) is 33.9 Å². The van der Waals surface area contributed by atoms with Crippen molar-refractivity contribution in [1.82, 2.24) is 5.32 Å². The molecule has 0 spiro atoms. The van der Waals surface area contributed by atoms with Crippen LogP contribution in [0.15, 0.2) is 18.2 Å². The van der Waals surface area contributed by atoms with Gasteiger partial charge in [0.25, 0.3) is 5.69 Å². The van der Waals surface area contributed by atoms with E-state index >= 15 is 0 Å². The fourth-order valence-electron chi connectivity index (χ4n) is 2.61. The Morgan fingerprint density at radius 2 is 2.20 bits per heavy atom. The van der Waals surface area contributed by atoms with Gasteiger partial charge in [0, 0.05) is 30.3 Å². The summed E-state index contributed by atoms with van der Waals surface area (Å²) >= 11 is 0. The molecule has 0 heterocycles. The maximum absolute atomic E-state index is 10.8. The van der Waals surface area contributed by atoms with Gasteiger partial charge < -0.3 is 15.2 Å². The molecule has 0 bridgehead atoms. The quantitative estimate of drug-likeness (QED) is 0.636. The first kappa shape index (κ1) is 14.7. The van der Waals surface area contributed by atoms with Crippen molar-refractivity contribution >= 4 is 5.69 Å². The number of non-ortho nitro benzene ring substituents is 1. The van der Waals surface area contributed by atoms with Crippen LogP contribution in [0.3, 0.4) is 0 Å². The van der Waals surface area contributed by atoms with E-state index < -0.39 is 4.92 Å². The van der Waals surface area contributed by atoms with Crippen LogP contribution >= 0.6 is 0 Å². The highest BCUT2D eigenvalue weighted by Crippen LogP contribution is 2.25. The van der Waals surface area contributed by atoms with E-state index in [1.54, 1.807) is 13.2 Å². The number of aliphatic hydroxyl groups excluding tert-OH is 1. The number of hydrogen-bond acceptors (Lipinski definition) is 5. The van der Waals surface area contributed by atoms with Gasteiger partial charge in [0.2, 0.25) is 0 Å². The lowest BCUT2D eigenvalue weighted by Crippen LogP contribution is -2.41. The lowest BCUT2D eigenvalue weighted by molar-refractivity contribution is -0.384. The summed E-state index contributed by atoms with van der Waals surface area (Å²) < 4.78 is 5.22. The van der Waals surface area contributed by atoms with Gasteiger partial charge in [-0.1, -0.05) is 12.8 Å². The highest BCUT2D eigenvalue weighted by atomic mass is 16.6. The highest BCUT2D eigenvalue weighted by Gasteiger charge is 2.23. The van der Waals surface area contributed by atoms with Crippen molar-refractivity contribution in [3.8, 4) is 5.75 Å². The number of ether oxygens (including phenoxy) is 1. The monoisotopic (exact) mass is 280 g/mol. The average Bonchev–Trinajstić information content (AvgIpc) is 2.46. The van der Waals surface area contributed by atoms with E-state index in [0.717, 1.165) is 31.2 Å². The van der Waals surface area contributed by atoms with Crippen LogP contribution in [0.5, 0.6) is 5.75 Å². The summed E-state index contributed by atoms with van der Waals surface area (Å²) in [6.07, 6.45) is 3.55. The zero-order valence-electron chi connectivity index (χ0n) is 11.5. The summed E-state index contributed by atoms with van der Waals surface area (Å²) in [5.74, 6) is 0.619. The molecule has 110 valence electrons. The smallest absolute Gasteiger partial charge is 0.270 e. The molecule has 2 unspecified atom stereocenters. The van der Waals surface area contributed by atoms with Crippen molar-refractivity contribution < 1.29 is 14.8 Å². The Bertz CT molecular complexity index is 478. The molecule has 0 aliphatic heterocycles. The van der Waals surface area contributed by atoms with Crippen molar-refractivity contribution in [3.63, 3.8) is 0 Å². The molecule has 0 amide bonds. The molecule has 1 aromatic carbocycles.